The van der Waals surface area contributed by atoms with Crippen LogP contribution in [0.5, 0.6) is 0 Å². The van der Waals surface area contributed by atoms with Crippen LogP contribution in [-0.2, 0) is 0 Å². The lowest BCUT2D eigenvalue weighted by molar-refractivity contribution is 0.349. The molecule has 0 atom stereocenters. The van der Waals surface area contributed by atoms with E-state index in [9.17, 15) is 0 Å². The lowest BCUT2D eigenvalue weighted by Gasteiger charge is -2.18. The van der Waals surface area contributed by atoms with Gasteiger partial charge in [0.1, 0.15) is 0 Å². The molecular formula is C20H46. The molecule has 0 heterocycles. The third kappa shape index (κ3) is 26.3. The molecule has 0 aliphatic heterocycles. The summed E-state index contributed by atoms with van der Waals surface area (Å²) in [6.07, 6.45) is 8.93. The van der Waals surface area contributed by atoms with Gasteiger partial charge in [-0.1, -0.05) is 113 Å². The van der Waals surface area contributed by atoms with Crippen molar-refractivity contribution in [2.24, 2.45) is 11.8 Å². The predicted octanol–water partition coefficient (Wildman–Crippen LogP) is 8.27. The second kappa shape index (κ2) is 27.1. The van der Waals surface area contributed by atoms with E-state index >= 15 is 0 Å². The Hall–Kier alpha value is -0.260. The van der Waals surface area contributed by atoms with E-state index in [0.29, 0.717) is 5.92 Å². The van der Waals surface area contributed by atoms with Gasteiger partial charge in [-0.25, -0.2) is 0 Å². The summed E-state index contributed by atoms with van der Waals surface area (Å²) in [6.45, 7) is 24.4. The van der Waals surface area contributed by atoms with Gasteiger partial charge < -0.3 is 0 Å². The van der Waals surface area contributed by atoms with Crippen molar-refractivity contribution in [3.8, 4) is 0 Å². The monoisotopic (exact) mass is 286 g/mol. The molecule has 1 fully saturated rings. The Morgan fingerprint density at radius 3 is 1.35 bits per heavy atom. The minimum Gasteiger partial charge on any atom is -0.0999 e. The summed E-state index contributed by atoms with van der Waals surface area (Å²) in [5.74, 6) is 1.74. The zero-order valence-corrected chi connectivity index (χ0v) is 16.6. The maximum absolute atomic E-state index is 3.75. The third-order valence-corrected chi connectivity index (χ3v) is 3.29. The number of hydrogen-bond acceptors (Lipinski definition) is 0. The first-order valence-corrected chi connectivity index (χ1v) is 9.23. The molecule has 0 spiro atoms. The Morgan fingerprint density at radius 2 is 1.20 bits per heavy atom. The molecule has 0 heteroatoms. The number of allylic oxidation sites excluding steroid dienone is 1. The molecule has 0 amide bonds. The van der Waals surface area contributed by atoms with Gasteiger partial charge in [0, 0.05) is 0 Å². The normalized spacial score (nSPS) is 13.2. The molecule has 0 unspecified atom stereocenters. The van der Waals surface area contributed by atoms with Crippen molar-refractivity contribution in [2.75, 3.05) is 0 Å². The lowest BCUT2D eigenvalue weighted by Crippen LogP contribution is -2.03. The zero-order valence-electron chi connectivity index (χ0n) is 16.6. The Labute approximate surface area is 132 Å². The van der Waals surface area contributed by atoms with Crippen LogP contribution in [0.25, 0.3) is 0 Å². The van der Waals surface area contributed by atoms with E-state index in [-0.39, 0.29) is 0 Å². The largest absolute Gasteiger partial charge is 0.0999 e. The Morgan fingerprint density at radius 1 is 0.900 bits per heavy atom. The van der Waals surface area contributed by atoms with Gasteiger partial charge in [-0.2, -0.15) is 0 Å². The van der Waals surface area contributed by atoms with Crippen LogP contribution in [0.15, 0.2) is 12.2 Å². The van der Waals surface area contributed by atoms with Crippen LogP contribution in [-0.4, -0.2) is 0 Å². The van der Waals surface area contributed by atoms with Gasteiger partial charge in [-0.05, 0) is 18.8 Å². The highest BCUT2D eigenvalue weighted by Gasteiger charge is 2.09. The van der Waals surface area contributed by atoms with Crippen LogP contribution < -0.4 is 0 Å². The van der Waals surface area contributed by atoms with E-state index in [2.05, 4.69) is 27.4 Å². The fraction of sp³-hybridized carbons (Fsp3) is 0.900. The van der Waals surface area contributed by atoms with Crippen molar-refractivity contribution in [1.29, 1.82) is 0 Å². The van der Waals surface area contributed by atoms with Gasteiger partial charge in [0.25, 0.3) is 0 Å². The Kier molecular flexibility index (Phi) is 38.0. The minimum atomic E-state index is 0.657. The molecule has 0 nitrogen and oxygen atoms in total. The molecule has 1 saturated carbocycles. The van der Waals surface area contributed by atoms with Crippen molar-refractivity contribution in [3.63, 3.8) is 0 Å². The van der Waals surface area contributed by atoms with Crippen LogP contribution in [0, 0.1) is 11.8 Å². The molecule has 0 radical (unpaired) electrons. The van der Waals surface area contributed by atoms with Crippen LogP contribution >= 0.6 is 0 Å². The van der Waals surface area contributed by atoms with Gasteiger partial charge in [0.2, 0.25) is 0 Å². The molecular weight excluding hydrogens is 240 g/mol. The van der Waals surface area contributed by atoms with Gasteiger partial charge in [-0.15, -0.1) is 0 Å². The SMILES string of the molecule is C=C(C)C(C)C.CC.CC.CC.CCC1CCCCC1. The van der Waals surface area contributed by atoms with E-state index in [1.807, 2.05) is 48.5 Å². The predicted molar refractivity (Wildman–Crippen MR) is 101 cm³/mol. The maximum atomic E-state index is 3.75. The summed E-state index contributed by atoms with van der Waals surface area (Å²) in [7, 11) is 0. The fourth-order valence-electron chi connectivity index (χ4n) is 1.60. The lowest BCUT2D eigenvalue weighted by atomic mass is 9.88. The molecule has 0 bridgehead atoms. The van der Waals surface area contributed by atoms with E-state index < -0.39 is 0 Å². The summed E-state index contributed by atoms with van der Waals surface area (Å²) < 4.78 is 0. The standard InChI is InChI=1S/C8H16.C6H12.3C2H6/c1-2-8-6-4-3-5-7-8;1-5(2)6(3)4;3*1-2/h8H,2-7H2,1H3;6H,1H2,2-4H3;3*1-2H3. The van der Waals surface area contributed by atoms with Crippen molar-refractivity contribution < 1.29 is 0 Å². The van der Waals surface area contributed by atoms with Gasteiger partial charge in [-0.3, -0.25) is 0 Å². The first-order chi connectivity index (χ1) is 9.57. The maximum Gasteiger partial charge on any atom is -0.0266 e. The smallest absolute Gasteiger partial charge is 0.0266 e. The summed E-state index contributed by atoms with van der Waals surface area (Å²) in [6, 6.07) is 0. The van der Waals surface area contributed by atoms with Gasteiger partial charge >= 0.3 is 0 Å². The number of hydrogen-bond donors (Lipinski definition) is 0. The van der Waals surface area contributed by atoms with Crippen LogP contribution in [0.1, 0.15) is 108 Å². The molecule has 1 aliphatic rings. The van der Waals surface area contributed by atoms with Crippen LogP contribution in [0.3, 0.4) is 0 Å². The number of rotatable bonds is 2. The Bertz CT molecular complexity index is 138. The molecule has 1 aliphatic carbocycles. The van der Waals surface area contributed by atoms with Gasteiger partial charge in [0.05, 0.1) is 0 Å². The van der Waals surface area contributed by atoms with E-state index in [1.165, 1.54) is 44.1 Å². The van der Waals surface area contributed by atoms with Crippen molar-refractivity contribution in [3.05, 3.63) is 12.2 Å². The second-order valence-corrected chi connectivity index (χ2v) is 4.91. The molecule has 0 aromatic heterocycles. The summed E-state index contributed by atoms with van der Waals surface area (Å²) in [4.78, 5) is 0. The minimum absolute atomic E-state index is 0.657. The van der Waals surface area contributed by atoms with Crippen molar-refractivity contribution in [2.45, 2.75) is 108 Å². The zero-order chi connectivity index (χ0) is 17.0. The Balaban J connectivity index is -0.0000000952. The third-order valence-electron chi connectivity index (χ3n) is 3.29. The molecule has 1 rings (SSSR count). The topological polar surface area (TPSA) is 0 Å². The average molecular weight is 287 g/mol. The van der Waals surface area contributed by atoms with Crippen molar-refractivity contribution in [1.82, 2.24) is 0 Å². The first kappa shape index (κ1) is 28.0. The highest BCUT2D eigenvalue weighted by atomic mass is 14.2. The highest BCUT2D eigenvalue weighted by Crippen LogP contribution is 2.25. The van der Waals surface area contributed by atoms with E-state index in [4.69, 9.17) is 0 Å². The highest BCUT2D eigenvalue weighted by molar-refractivity contribution is 4.90. The molecule has 0 aromatic carbocycles. The van der Waals surface area contributed by atoms with E-state index in [1.54, 1.807) is 0 Å². The second-order valence-electron chi connectivity index (χ2n) is 4.91. The molecule has 20 heavy (non-hydrogen) atoms. The molecule has 126 valence electrons. The van der Waals surface area contributed by atoms with Crippen LogP contribution in [0.2, 0.25) is 0 Å². The van der Waals surface area contributed by atoms with Gasteiger partial charge in [0.15, 0.2) is 0 Å². The van der Waals surface area contributed by atoms with Crippen molar-refractivity contribution >= 4 is 0 Å². The molecule has 0 N–H and O–H groups in total. The summed E-state index contributed by atoms with van der Waals surface area (Å²) >= 11 is 0. The van der Waals surface area contributed by atoms with E-state index in [0.717, 1.165) is 5.92 Å². The quantitative estimate of drug-likeness (QED) is 0.448. The molecule has 0 aromatic rings. The first-order valence-electron chi connectivity index (χ1n) is 9.23. The fourth-order valence-corrected chi connectivity index (χ4v) is 1.60. The summed E-state index contributed by atoms with van der Waals surface area (Å²) in [5.41, 5.74) is 1.26. The summed E-state index contributed by atoms with van der Waals surface area (Å²) in [5, 5.41) is 0. The average Bonchev–Trinajstić information content (AvgIpc) is 2.54. The van der Waals surface area contributed by atoms with Crippen LogP contribution in [0.4, 0.5) is 0 Å². The molecule has 0 saturated heterocycles.